The minimum atomic E-state index is -0.620. The Kier molecular flexibility index (Phi) is 5.81. The monoisotopic (exact) mass is 430 g/mol. The summed E-state index contributed by atoms with van der Waals surface area (Å²) in [5, 5.41) is 11.5. The molecule has 7 heteroatoms. The van der Waals surface area contributed by atoms with Crippen molar-refractivity contribution in [1.29, 1.82) is 5.41 Å². The van der Waals surface area contributed by atoms with Crippen LogP contribution in [0.25, 0.3) is 22.1 Å². The quantitative estimate of drug-likeness (QED) is 0.386. The predicted octanol–water partition coefficient (Wildman–Crippen LogP) is 5.65. The van der Waals surface area contributed by atoms with Crippen LogP contribution in [0.15, 0.2) is 64.1 Å². The molecule has 162 valence electrons. The lowest BCUT2D eigenvalue weighted by Gasteiger charge is -2.20. The van der Waals surface area contributed by atoms with Gasteiger partial charge in [-0.25, -0.2) is 14.4 Å². The molecule has 0 spiro atoms. The third-order valence-electron chi connectivity index (χ3n) is 5.40. The molecule has 0 amide bonds. The summed E-state index contributed by atoms with van der Waals surface area (Å²) in [6.07, 6.45) is 1.96. The SMILES string of the molecule is CCC(=N)c1c(C)ncnc1NC(C)c1oc2cccc(F)c2c(=O)c1-c1ccccc1. The van der Waals surface area contributed by atoms with Crippen LogP contribution in [0.5, 0.6) is 0 Å². The number of aromatic nitrogens is 2. The normalized spacial score (nSPS) is 12.0. The minimum absolute atomic E-state index is 0.0753. The van der Waals surface area contributed by atoms with Crippen LogP contribution in [0, 0.1) is 18.2 Å². The zero-order chi connectivity index (χ0) is 22.8. The number of fused-ring (bicyclic) bond motifs is 1. The Balaban J connectivity index is 1.91. The molecule has 32 heavy (non-hydrogen) atoms. The second-order valence-corrected chi connectivity index (χ2v) is 7.53. The highest BCUT2D eigenvalue weighted by atomic mass is 19.1. The molecule has 2 N–H and O–H groups in total. The van der Waals surface area contributed by atoms with Gasteiger partial charge in [0.1, 0.15) is 34.7 Å². The van der Waals surface area contributed by atoms with Gasteiger partial charge in [0.05, 0.1) is 22.9 Å². The van der Waals surface area contributed by atoms with Gasteiger partial charge in [0.2, 0.25) is 5.43 Å². The number of aryl methyl sites for hydroxylation is 1. The first kappa shape index (κ1) is 21.4. The Morgan fingerprint density at radius 2 is 1.91 bits per heavy atom. The van der Waals surface area contributed by atoms with Gasteiger partial charge in [-0.05, 0) is 38.0 Å². The van der Waals surface area contributed by atoms with E-state index in [1.165, 1.54) is 18.5 Å². The lowest BCUT2D eigenvalue weighted by atomic mass is 9.98. The van der Waals surface area contributed by atoms with E-state index in [2.05, 4.69) is 15.3 Å². The third kappa shape index (κ3) is 3.77. The van der Waals surface area contributed by atoms with Crippen molar-refractivity contribution in [3.63, 3.8) is 0 Å². The number of rotatable bonds is 6. The molecule has 2 heterocycles. The van der Waals surface area contributed by atoms with E-state index in [1.807, 2.05) is 39.0 Å². The van der Waals surface area contributed by atoms with Crippen molar-refractivity contribution in [3.8, 4) is 11.1 Å². The van der Waals surface area contributed by atoms with Crippen LogP contribution in [-0.2, 0) is 0 Å². The summed E-state index contributed by atoms with van der Waals surface area (Å²) in [5.74, 6) is 0.230. The molecule has 0 aliphatic rings. The maximum Gasteiger partial charge on any atom is 0.203 e. The molecule has 0 fully saturated rings. The number of nitrogens with zero attached hydrogens (tertiary/aromatic N) is 2. The number of hydrogen-bond acceptors (Lipinski definition) is 6. The zero-order valence-corrected chi connectivity index (χ0v) is 18.1. The number of anilines is 1. The molecule has 6 nitrogen and oxygen atoms in total. The number of benzene rings is 2. The summed E-state index contributed by atoms with van der Waals surface area (Å²) in [5.41, 5.74) is 2.39. The smallest absolute Gasteiger partial charge is 0.203 e. The van der Waals surface area contributed by atoms with E-state index in [9.17, 15) is 9.18 Å². The van der Waals surface area contributed by atoms with Gasteiger partial charge in [-0.3, -0.25) is 4.79 Å². The Bertz CT molecular complexity index is 1370. The van der Waals surface area contributed by atoms with Crippen LogP contribution < -0.4 is 10.7 Å². The molecule has 0 saturated carbocycles. The van der Waals surface area contributed by atoms with Crippen LogP contribution in [-0.4, -0.2) is 15.7 Å². The van der Waals surface area contributed by atoms with Gasteiger partial charge in [0.15, 0.2) is 0 Å². The van der Waals surface area contributed by atoms with Crippen molar-refractivity contribution in [2.45, 2.75) is 33.2 Å². The van der Waals surface area contributed by atoms with Gasteiger partial charge in [-0.1, -0.05) is 43.3 Å². The molecule has 1 atom stereocenters. The van der Waals surface area contributed by atoms with Crippen LogP contribution in [0.3, 0.4) is 0 Å². The molecule has 0 aliphatic carbocycles. The molecule has 0 bridgehead atoms. The standard InChI is InChI=1S/C25H23FN4O2/c1-4-18(27)20-14(2)28-13-29-25(20)30-15(3)24-21(16-9-6-5-7-10-16)23(31)22-17(26)11-8-12-19(22)32-24/h5-13,15,27H,4H2,1-3H3,(H,28,29,30). The summed E-state index contributed by atoms with van der Waals surface area (Å²) < 4.78 is 20.6. The van der Waals surface area contributed by atoms with Gasteiger partial charge in [0.25, 0.3) is 0 Å². The van der Waals surface area contributed by atoms with Gasteiger partial charge >= 0.3 is 0 Å². The fourth-order valence-electron chi connectivity index (χ4n) is 3.79. The Hall–Kier alpha value is -3.87. The maximum absolute atomic E-state index is 14.5. The Labute approximate surface area is 184 Å². The highest BCUT2D eigenvalue weighted by Gasteiger charge is 2.24. The molecule has 4 rings (SSSR count). The van der Waals surface area contributed by atoms with E-state index in [0.717, 1.165) is 0 Å². The van der Waals surface area contributed by atoms with Crippen molar-refractivity contribution >= 4 is 22.5 Å². The molecule has 0 saturated heterocycles. The lowest BCUT2D eigenvalue weighted by molar-refractivity contribution is 0.513. The fourth-order valence-corrected chi connectivity index (χ4v) is 3.79. The van der Waals surface area contributed by atoms with Crippen LogP contribution in [0.1, 0.15) is 43.3 Å². The van der Waals surface area contributed by atoms with E-state index in [4.69, 9.17) is 9.83 Å². The van der Waals surface area contributed by atoms with Crippen molar-refractivity contribution in [2.24, 2.45) is 0 Å². The maximum atomic E-state index is 14.5. The Morgan fingerprint density at radius 1 is 1.16 bits per heavy atom. The first-order valence-corrected chi connectivity index (χ1v) is 10.4. The third-order valence-corrected chi connectivity index (χ3v) is 5.40. The largest absolute Gasteiger partial charge is 0.458 e. The van der Waals surface area contributed by atoms with Crippen molar-refractivity contribution < 1.29 is 8.81 Å². The number of hydrogen-bond donors (Lipinski definition) is 2. The predicted molar refractivity (Wildman–Crippen MR) is 124 cm³/mol. The molecular weight excluding hydrogens is 407 g/mol. The van der Waals surface area contributed by atoms with E-state index in [1.54, 1.807) is 18.2 Å². The molecular formula is C25H23FN4O2. The van der Waals surface area contributed by atoms with E-state index in [0.29, 0.717) is 46.1 Å². The van der Waals surface area contributed by atoms with Crippen LogP contribution >= 0.6 is 0 Å². The second-order valence-electron chi connectivity index (χ2n) is 7.53. The lowest BCUT2D eigenvalue weighted by Crippen LogP contribution is -2.18. The molecule has 2 aromatic heterocycles. The molecule has 4 aromatic rings. The average Bonchev–Trinajstić information content (AvgIpc) is 2.79. The van der Waals surface area contributed by atoms with Gasteiger partial charge in [0, 0.05) is 5.71 Å². The summed E-state index contributed by atoms with van der Waals surface area (Å²) in [4.78, 5) is 22.0. The second kappa shape index (κ2) is 8.70. The molecule has 0 radical (unpaired) electrons. The molecule has 2 aromatic carbocycles. The Morgan fingerprint density at radius 3 is 2.62 bits per heavy atom. The van der Waals surface area contributed by atoms with Crippen LogP contribution in [0.4, 0.5) is 10.2 Å². The van der Waals surface area contributed by atoms with E-state index >= 15 is 0 Å². The first-order valence-electron chi connectivity index (χ1n) is 10.4. The number of nitrogens with one attached hydrogen (secondary N) is 2. The summed E-state index contributed by atoms with van der Waals surface area (Å²) in [6.45, 7) is 5.56. The average molecular weight is 430 g/mol. The minimum Gasteiger partial charge on any atom is -0.458 e. The van der Waals surface area contributed by atoms with Crippen LogP contribution in [0.2, 0.25) is 0 Å². The van der Waals surface area contributed by atoms with Crippen molar-refractivity contribution in [1.82, 2.24) is 9.97 Å². The van der Waals surface area contributed by atoms with Crippen molar-refractivity contribution in [2.75, 3.05) is 5.32 Å². The summed E-state index contributed by atoms with van der Waals surface area (Å²) in [7, 11) is 0. The zero-order valence-electron chi connectivity index (χ0n) is 18.1. The topological polar surface area (TPSA) is 91.9 Å². The summed E-state index contributed by atoms with van der Waals surface area (Å²) >= 11 is 0. The molecule has 1 unspecified atom stereocenters. The van der Waals surface area contributed by atoms with Crippen molar-refractivity contribution in [3.05, 3.63) is 87.9 Å². The van der Waals surface area contributed by atoms with Gasteiger partial charge in [-0.2, -0.15) is 0 Å². The van der Waals surface area contributed by atoms with Gasteiger partial charge < -0.3 is 15.1 Å². The molecule has 0 aliphatic heterocycles. The fraction of sp³-hybridized carbons (Fsp3) is 0.200. The number of halogens is 1. The van der Waals surface area contributed by atoms with E-state index < -0.39 is 17.3 Å². The van der Waals surface area contributed by atoms with E-state index in [-0.39, 0.29) is 11.0 Å². The highest BCUT2D eigenvalue weighted by molar-refractivity contribution is 6.03. The van der Waals surface area contributed by atoms with Gasteiger partial charge in [-0.15, -0.1) is 0 Å². The summed E-state index contributed by atoms with van der Waals surface area (Å²) in [6, 6.07) is 12.9. The first-order chi connectivity index (χ1) is 15.4. The highest BCUT2D eigenvalue weighted by Crippen LogP contribution is 2.32.